The highest BCUT2D eigenvalue weighted by Crippen LogP contribution is 2.61. The topological polar surface area (TPSA) is 97.8 Å². The van der Waals surface area contributed by atoms with Gasteiger partial charge in [-0.1, -0.05) is 60.7 Å². The molecule has 0 spiro atoms. The van der Waals surface area contributed by atoms with Crippen LogP contribution in [-0.2, 0) is 9.59 Å². The summed E-state index contributed by atoms with van der Waals surface area (Å²) in [5.74, 6) is -1.74. The molecule has 0 N–H and O–H groups in total. The molecular weight excluding hydrogens is 564 g/mol. The van der Waals surface area contributed by atoms with Gasteiger partial charge in [-0.25, -0.2) is 0 Å². The van der Waals surface area contributed by atoms with Crippen molar-refractivity contribution >= 4 is 23.7 Å². The number of hydrogen-bond donors (Lipinski definition) is 0. The standard InChI is InChI=1S/C37H28N4O4/c1-21-19-25(22(2)39(21)26-15-11-23(12-16-26)24-13-17-27(18-14-24)41(44)45)20-38-40-36(42)34-32-28-7-3-4-8-29(28)33(35(34)37(40)43)31-10-6-5-9-30(31)32/h3-20,32-35H,1-2H3/b38-20+. The molecule has 1 aliphatic heterocycles. The fraction of sp³-hybridized carbons (Fsp3) is 0.162. The second kappa shape index (κ2) is 9.95. The summed E-state index contributed by atoms with van der Waals surface area (Å²) >= 11 is 0. The quantitative estimate of drug-likeness (QED) is 0.0960. The van der Waals surface area contributed by atoms with E-state index in [4.69, 9.17) is 0 Å². The minimum absolute atomic E-state index is 0.0572. The van der Waals surface area contributed by atoms with Gasteiger partial charge in [-0.05, 0) is 77.6 Å². The molecule has 4 aromatic carbocycles. The first-order chi connectivity index (χ1) is 21.8. The molecule has 2 heterocycles. The monoisotopic (exact) mass is 592 g/mol. The van der Waals surface area contributed by atoms with E-state index in [0.29, 0.717) is 0 Å². The van der Waals surface area contributed by atoms with Crippen LogP contribution in [-0.4, -0.2) is 32.5 Å². The molecule has 45 heavy (non-hydrogen) atoms. The molecule has 3 aliphatic carbocycles. The first kappa shape index (κ1) is 27.0. The summed E-state index contributed by atoms with van der Waals surface area (Å²) in [4.78, 5) is 38.4. The van der Waals surface area contributed by atoms with Gasteiger partial charge in [-0.2, -0.15) is 10.1 Å². The molecule has 0 saturated carbocycles. The molecule has 1 fully saturated rings. The van der Waals surface area contributed by atoms with Gasteiger partial charge in [-0.15, -0.1) is 0 Å². The number of nitro groups is 1. The van der Waals surface area contributed by atoms with Gasteiger partial charge in [0.05, 0.1) is 23.0 Å². The first-order valence-electron chi connectivity index (χ1n) is 15.0. The minimum Gasteiger partial charge on any atom is -0.318 e. The second-order valence-electron chi connectivity index (χ2n) is 12.0. The van der Waals surface area contributed by atoms with Crippen LogP contribution in [0.4, 0.5) is 5.69 Å². The first-order valence-corrected chi connectivity index (χ1v) is 15.0. The average Bonchev–Trinajstić information content (AvgIpc) is 3.50. The smallest absolute Gasteiger partial charge is 0.269 e. The summed E-state index contributed by atoms with van der Waals surface area (Å²) in [6.07, 6.45) is 1.62. The third-order valence-electron chi connectivity index (χ3n) is 9.74. The number of hydrogen-bond acceptors (Lipinski definition) is 5. The van der Waals surface area contributed by atoms with Crippen molar-refractivity contribution in [1.82, 2.24) is 9.58 Å². The van der Waals surface area contributed by atoms with Crippen LogP contribution in [0.2, 0.25) is 0 Å². The Morgan fingerprint density at radius 3 is 1.64 bits per heavy atom. The van der Waals surface area contributed by atoms with Crippen molar-refractivity contribution in [1.29, 1.82) is 0 Å². The molecule has 220 valence electrons. The van der Waals surface area contributed by atoms with Gasteiger partial charge in [0, 0.05) is 46.6 Å². The van der Waals surface area contributed by atoms with Crippen LogP contribution in [0.3, 0.4) is 0 Å². The van der Waals surface area contributed by atoms with Gasteiger partial charge in [0.2, 0.25) is 0 Å². The maximum Gasteiger partial charge on any atom is 0.269 e. The molecule has 2 bridgehead atoms. The van der Waals surface area contributed by atoms with Crippen molar-refractivity contribution in [2.24, 2.45) is 16.9 Å². The van der Waals surface area contributed by atoms with E-state index in [-0.39, 0.29) is 29.3 Å². The molecule has 8 heteroatoms. The number of rotatable bonds is 5. The predicted octanol–water partition coefficient (Wildman–Crippen LogP) is 6.90. The van der Waals surface area contributed by atoms with E-state index in [0.717, 1.165) is 61.0 Å². The number of amides is 2. The van der Waals surface area contributed by atoms with Crippen molar-refractivity contribution in [3.05, 3.63) is 152 Å². The zero-order valence-electron chi connectivity index (χ0n) is 24.6. The molecule has 0 radical (unpaired) electrons. The lowest BCUT2D eigenvalue weighted by molar-refractivity contribution is -0.384. The summed E-state index contributed by atoms with van der Waals surface area (Å²) in [5, 5.41) is 16.6. The Bertz CT molecular complexity index is 1960. The highest BCUT2D eigenvalue weighted by atomic mass is 16.6. The number of non-ortho nitro benzene ring substituents is 1. The van der Waals surface area contributed by atoms with Gasteiger partial charge < -0.3 is 4.57 Å². The normalized spacial score (nSPS) is 21.2. The van der Waals surface area contributed by atoms with E-state index < -0.39 is 16.8 Å². The van der Waals surface area contributed by atoms with Crippen LogP contribution < -0.4 is 0 Å². The molecule has 2 atom stereocenters. The van der Waals surface area contributed by atoms with E-state index in [9.17, 15) is 19.7 Å². The van der Waals surface area contributed by atoms with Crippen LogP contribution in [0.1, 0.15) is 51.0 Å². The Morgan fingerprint density at radius 1 is 0.711 bits per heavy atom. The lowest BCUT2D eigenvalue weighted by atomic mass is 9.55. The summed E-state index contributed by atoms with van der Waals surface area (Å²) in [7, 11) is 0. The van der Waals surface area contributed by atoms with Crippen LogP contribution in [0.15, 0.2) is 108 Å². The van der Waals surface area contributed by atoms with Gasteiger partial charge in [0.25, 0.3) is 17.5 Å². The van der Waals surface area contributed by atoms with Crippen LogP contribution in [0.5, 0.6) is 0 Å². The summed E-state index contributed by atoms with van der Waals surface area (Å²) in [6, 6.07) is 32.9. The zero-order chi connectivity index (χ0) is 31.0. The Morgan fingerprint density at radius 2 is 1.18 bits per heavy atom. The number of nitrogens with zero attached hydrogens (tertiary/aromatic N) is 4. The van der Waals surface area contributed by atoms with Gasteiger partial charge >= 0.3 is 0 Å². The fourth-order valence-electron chi connectivity index (χ4n) is 7.79. The van der Waals surface area contributed by atoms with Crippen molar-refractivity contribution in [2.75, 3.05) is 0 Å². The van der Waals surface area contributed by atoms with E-state index >= 15 is 0 Å². The highest BCUT2D eigenvalue weighted by molar-refractivity contribution is 6.08. The van der Waals surface area contributed by atoms with Crippen LogP contribution in [0, 0.1) is 35.8 Å². The number of carbonyl (C=O) groups excluding carboxylic acids is 2. The molecule has 2 unspecified atom stereocenters. The number of aryl methyl sites for hydroxylation is 1. The Labute approximate surface area is 259 Å². The summed E-state index contributed by atoms with van der Waals surface area (Å²) in [6.45, 7) is 3.99. The second-order valence-corrected chi connectivity index (χ2v) is 12.0. The lowest BCUT2D eigenvalue weighted by Gasteiger charge is -2.45. The molecule has 8 nitrogen and oxygen atoms in total. The van der Waals surface area contributed by atoms with Gasteiger partial charge in [0.1, 0.15) is 0 Å². The summed E-state index contributed by atoms with van der Waals surface area (Å²) < 4.78 is 2.10. The summed E-state index contributed by atoms with van der Waals surface area (Å²) in [5.41, 5.74) is 10.1. The molecule has 5 aromatic rings. The molecule has 9 rings (SSSR count). The Balaban J connectivity index is 1.08. The molecule has 1 aromatic heterocycles. The Kier molecular flexibility index (Phi) is 5.96. The van der Waals surface area contributed by atoms with Crippen LogP contribution >= 0.6 is 0 Å². The number of aromatic nitrogens is 1. The van der Waals surface area contributed by atoms with E-state index in [1.54, 1.807) is 18.3 Å². The molecule has 1 saturated heterocycles. The molecule has 4 aliphatic rings. The van der Waals surface area contributed by atoms with Crippen molar-refractivity contribution in [2.45, 2.75) is 25.7 Å². The largest absolute Gasteiger partial charge is 0.318 e. The van der Waals surface area contributed by atoms with Gasteiger partial charge in [-0.3, -0.25) is 19.7 Å². The number of hydrazone groups is 1. The highest BCUT2D eigenvalue weighted by Gasteiger charge is 2.61. The average molecular weight is 593 g/mol. The number of benzene rings is 4. The van der Waals surface area contributed by atoms with Crippen molar-refractivity contribution < 1.29 is 14.5 Å². The lowest BCUT2D eigenvalue weighted by Crippen LogP contribution is -2.41. The number of imide groups is 1. The van der Waals surface area contributed by atoms with Gasteiger partial charge in [0.15, 0.2) is 0 Å². The minimum atomic E-state index is -0.467. The predicted molar refractivity (Wildman–Crippen MR) is 170 cm³/mol. The maximum atomic E-state index is 13.9. The zero-order valence-corrected chi connectivity index (χ0v) is 24.6. The maximum absolute atomic E-state index is 13.9. The van der Waals surface area contributed by atoms with Crippen molar-refractivity contribution in [3.63, 3.8) is 0 Å². The molecule has 2 amide bonds. The third kappa shape index (κ3) is 3.95. The van der Waals surface area contributed by atoms with E-state index in [2.05, 4.69) is 33.9 Å². The fourth-order valence-corrected chi connectivity index (χ4v) is 7.79. The number of nitro benzene ring substituents is 1. The number of carbonyl (C=O) groups is 2. The third-order valence-corrected chi connectivity index (χ3v) is 9.74. The van der Waals surface area contributed by atoms with E-state index in [1.165, 1.54) is 12.1 Å². The SMILES string of the molecule is Cc1cc(/C=N/N2C(=O)C3C4c5ccccc5C(c5ccccc54)C3C2=O)c(C)n1-c1ccc(-c2ccc([N+](=O)[O-])cc2)cc1. The van der Waals surface area contributed by atoms with Crippen molar-refractivity contribution in [3.8, 4) is 16.8 Å². The van der Waals surface area contributed by atoms with E-state index in [1.807, 2.05) is 68.4 Å². The molecular formula is C37H28N4O4. The van der Waals surface area contributed by atoms with Crippen LogP contribution in [0.25, 0.3) is 16.8 Å². The Hall–Kier alpha value is -5.63.